The van der Waals surface area contributed by atoms with E-state index in [1.54, 1.807) is 24.0 Å². The summed E-state index contributed by atoms with van der Waals surface area (Å²) in [6.45, 7) is 2.77. The lowest BCUT2D eigenvalue weighted by Crippen LogP contribution is -2.41. The van der Waals surface area contributed by atoms with Crippen LogP contribution in [0.15, 0.2) is 48.5 Å². The number of rotatable bonds is 9. The Morgan fingerprint density at radius 3 is 2.42 bits per heavy atom. The fourth-order valence-corrected chi connectivity index (χ4v) is 3.52. The quantitative estimate of drug-likeness (QED) is 0.242. The van der Waals surface area contributed by atoms with Gasteiger partial charge in [-0.3, -0.25) is 9.59 Å². The molecule has 176 valence electrons. The van der Waals surface area contributed by atoms with E-state index in [1.165, 1.54) is 13.2 Å². The van der Waals surface area contributed by atoms with Crippen LogP contribution in [0.3, 0.4) is 0 Å². The summed E-state index contributed by atoms with van der Waals surface area (Å²) < 4.78 is 21.3. The summed E-state index contributed by atoms with van der Waals surface area (Å²) in [6.07, 6.45) is 0.795. The van der Waals surface area contributed by atoms with E-state index in [4.69, 9.17) is 18.9 Å². The number of amides is 1. The maximum atomic E-state index is 12.8. The number of esters is 1. The van der Waals surface area contributed by atoms with Crippen molar-refractivity contribution in [2.24, 2.45) is 5.92 Å². The van der Waals surface area contributed by atoms with Gasteiger partial charge in [0.25, 0.3) is 0 Å². The Bertz CT molecular complexity index is 952. The monoisotopic (exact) mass is 455 g/mol. The lowest BCUT2D eigenvalue weighted by atomic mass is 9.97. The van der Waals surface area contributed by atoms with Crippen molar-refractivity contribution in [3.8, 4) is 11.5 Å². The number of benzene rings is 2. The number of carbonyl (C=O) groups excluding carboxylic acids is 3. The Kier molecular flexibility index (Phi) is 8.83. The van der Waals surface area contributed by atoms with Gasteiger partial charge in [0.2, 0.25) is 0 Å². The fraction of sp³-hybridized carbons (Fsp3) is 0.400. The second-order valence-corrected chi connectivity index (χ2v) is 7.71. The van der Waals surface area contributed by atoms with E-state index in [-0.39, 0.29) is 37.3 Å². The number of Topliss-reactive ketones (excluding diaryl/α,β-unsaturated/α-hetero) is 1. The second kappa shape index (κ2) is 12.0. The second-order valence-electron chi connectivity index (χ2n) is 7.71. The Labute approximate surface area is 193 Å². The van der Waals surface area contributed by atoms with Gasteiger partial charge in [0, 0.05) is 32.7 Å². The van der Waals surface area contributed by atoms with E-state index < -0.39 is 12.1 Å². The largest absolute Gasteiger partial charge is 0.467 e. The van der Waals surface area contributed by atoms with E-state index in [0.29, 0.717) is 37.2 Å². The maximum Gasteiger partial charge on any atom is 0.410 e. The minimum atomic E-state index is -0.429. The predicted molar refractivity (Wildman–Crippen MR) is 120 cm³/mol. The minimum absolute atomic E-state index is 0.0350. The van der Waals surface area contributed by atoms with E-state index >= 15 is 0 Å². The number of nitrogens with zero attached hydrogens (tertiary/aromatic N) is 1. The number of carbonyl (C=O) groups is 3. The molecule has 8 heteroatoms. The highest BCUT2D eigenvalue weighted by Crippen LogP contribution is 2.28. The highest BCUT2D eigenvalue weighted by atomic mass is 16.7. The third kappa shape index (κ3) is 6.79. The Hall–Kier alpha value is -3.39. The number of methoxy groups -OCH3 is 1. The molecular formula is C25H29NO7. The molecule has 2 aromatic carbocycles. The van der Waals surface area contributed by atoms with Gasteiger partial charge >= 0.3 is 12.1 Å². The molecule has 1 fully saturated rings. The van der Waals surface area contributed by atoms with Crippen LogP contribution in [0.2, 0.25) is 0 Å². The molecule has 1 aliphatic rings. The molecule has 1 aliphatic heterocycles. The van der Waals surface area contributed by atoms with Crippen molar-refractivity contribution in [3.63, 3.8) is 0 Å². The normalized spacial score (nSPS) is 13.9. The number of piperidine rings is 1. The summed E-state index contributed by atoms with van der Waals surface area (Å²) in [4.78, 5) is 39.0. The predicted octanol–water partition coefficient (Wildman–Crippen LogP) is 4.22. The van der Waals surface area contributed by atoms with Crippen LogP contribution >= 0.6 is 0 Å². The summed E-state index contributed by atoms with van der Waals surface area (Å²) in [5.74, 6) is -0.335. The van der Waals surface area contributed by atoms with Gasteiger partial charge in [-0.05, 0) is 30.5 Å². The van der Waals surface area contributed by atoms with E-state index in [2.05, 4.69) is 0 Å². The zero-order chi connectivity index (χ0) is 23.6. The summed E-state index contributed by atoms with van der Waals surface area (Å²) >= 11 is 0. The SMILES string of the molecule is CCC(=O)c1ccc(OCOC)cc1OC(=O)C1CCN(C(=O)OCc2ccccc2)CC1. The molecule has 1 saturated heterocycles. The number of ketones is 1. The van der Waals surface area contributed by atoms with Gasteiger partial charge in [-0.2, -0.15) is 0 Å². The van der Waals surface area contributed by atoms with Crippen LogP contribution in [0.4, 0.5) is 4.79 Å². The molecule has 0 spiro atoms. The molecule has 1 heterocycles. The molecular weight excluding hydrogens is 426 g/mol. The van der Waals surface area contributed by atoms with Crippen molar-refractivity contribution in [1.82, 2.24) is 4.90 Å². The fourth-order valence-electron chi connectivity index (χ4n) is 3.52. The van der Waals surface area contributed by atoms with E-state index in [0.717, 1.165) is 5.56 Å². The number of hydrogen-bond donors (Lipinski definition) is 0. The topological polar surface area (TPSA) is 91.4 Å². The van der Waals surface area contributed by atoms with Crippen LogP contribution in [0.5, 0.6) is 11.5 Å². The van der Waals surface area contributed by atoms with E-state index in [1.807, 2.05) is 30.3 Å². The molecule has 0 aliphatic carbocycles. The zero-order valence-electron chi connectivity index (χ0n) is 19.0. The number of hydrogen-bond acceptors (Lipinski definition) is 7. The van der Waals surface area contributed by atoms with Gasteiger partial charge in [0.1, 0.15) is 18.1 Å². The van der Waals surface area contributed by atoms with Crippen molar-refractivity contribution in [1.29, 1.82) is 0 Å². The van der Waals surface area contributed by atoms with Crippen LogP contribution < -0.4 is 9.47 Å². The van der Waals surface area contributed by atoms with Crippen molar-refractivity contribution in [2.75, 3.05) is 27.0 Å². The first-order chi connectivity index (χ1) is 16.0. The maximum absolute atomic E-state index is 12.8. The summed E-state index contributed by atoms with van der Waals surface area (Å²) in [5, 5.41) is 0. The Balaban J connectivity index is 1.56. The number of ether oxygens (including phenoxy) is 4. The van der Waals surface area contributed by atoms with Crippen molar-refractivity contribution < 1.29 is 33.3 Å². The van der Waals surface area contributed by atoms with Crippen molar-refractivity contribution >= 4 is 17.8 Å². The van der Waals surface area contributed by atoms with Gasteiger partial charge < -0.3 is 23.8 Å². The third-order valence-corrected chi connectivity index (χ3v) is 5.42. The van der Waals surface area contributed by atoms with Crippen LogP contribution in [-0.4, -0.2) is 49.7 Å². The number of likely N-dealkylation sites (tertiary alicyclic amines) is 1. The summed E-state index contributed by atoms with van der Waals surface area (Å²) in [5.41, 5.74) is 1.25. The first-order valence-electron chi connectivity index (χ1n) is 11.0. The molecule has 1 amide bonds. The lowest BCUT2D eigenvalue weighted by Gasteiger charge is -2.30. The minimum Gasteiger partial charge on any atom is -0.467 e. The van der Waals surface area contributed by atoms with Crippen molar-refractivity contribution in [2.45, 2.75) is 32.8 Å². The summed E-state index contributed by atoms with van der Waals surface area (Å²) in [6, 6.07) is 14.2. The molecule has 0 N–H and O–H groups in total. The third-order valence-electron chi connectivity index (χ3n) is 5.42. The van der Waals surface area contributed by atoms with Crippen LogP contribution in [0, 0.1) is 5.92 Å². The first-order valence-corrected chi connectivity index (χ1v) is 11.0. The van der Waals surface area contributed by atoms with Gasteiger partial charge in [-0.25, -0.2) is 4.79 Å². The van der Waals surface area contributed by atoms with Crippen LogP contribution in [0.1, 0.15) is 42.1 Å². The average Bonchev–Trinajstić information content (AvgIpc) is 2.86. The van der Waals surface area contributed by atoms with Gasteiger partial charge in [0.05, 0.1) is 11.5 Å². The molecule has 0 atom stereocenters. The van der Waals surface area contributed by atoms with E-state index in [9.17, 15) is 14.4 Å². The van der Waals surface area contributed by atoms with Crippen LogP contribution in [-0.2, 0) is 20.9 Å². The molecule has 0 bridgehead atoms. The molecule has 3 rings (SSSR count). The molecule has 33 heavy (non-hydrogen) atoms. The standard InChI is InChI=1S/C25H29NO7/c1-3-22(27)21-10-9-20(32-17-30-2)15-23(21)33-24(28)19-11-13-26(14-12-19)25(29)31-16-18-7-5-4-6-8-18/h4-10,15,19H,3,11-14,16-17H2,1-2H3. The molecule has 0 saturated carbocycles. The first kappa shape index (κ1) is 24.3. The average molecular weight is 456 g/mol. The highest BCUT2D eigenvalue weighted by Gasteiger charge is 2.30. The molecule has 2 aromatic rings. The van der Waals surface area contributed by atoms with Gasteiger partial charge in [-0.1, -0.05) is 37.3 Å². The zero-order valence-corrected chi connectivity index (χ0v) is 19.0. The lowest BCUT2D eigenvalue weighted by molar-refractivity contribution is -0.140. The Morgan fingerprint density at radius 2 is 1.76 bits per heavy atom. The summed E-state index contributed by atoms with van der Waals surface area (Å²) in [7, 11) is 1.50. The Morgan fingerprint density at radius 1 is 1.03 bits per heavy atom. The molecule has 0 unspecified atom stereocenters. The van der Waals surface area contributed by atoms with Crippen molar-refractivity contribution in [3.05, 3.63) is 59.7 Å². The highest BCUT2D eigenvalue weighted by molar-refractivity contribution is 5.99. The van der Waals surface area contributed by atoms with Gasteiger partial charge in [-0.15, -0.1) is 0 Å². The molecule has 8 nitrogen and oxygen atoms in total. The molecule has 0 aromatic heterocycles. The molecule has 0 radical (unpaired) electrons. The smallest absolute Gasteiger partial charge is 0.410 e. The van der Waals surface area contributed by atoms with Crippen LogP contribution in [0.25, 0.3) is 0 Å². The van der Waals surface area contributed by atoms with Gasteiger partial charge in [0.15, 0.2) is 12.6 Å².